The van der Waals surface area contributed by atoms with E-state index in [1.807, 2.05) is 12.1 Å². The number of carbonyl (C=O) groups excluding carboxylic acids is 2. The summed E-state index contributed by atoms with van der Waals surface area (Å²) in [5.41, 5.74) is 0.965. The summed E-state index contributed by atoms with van der Waals surface area (Å²) in [7, 11) is 0. The minimum atomic E-state index is -0.606. The number of benzene rings is 1. The molecule has 1 amide bonds. The zero-order valence-electron chi connectivity index (χ0n) is 13.6. The van der Waals surface area contributed by atoms with Crippen molar-refractivity contribution in [3.63, 3.8) is 0 Å². The predicted molar refractivity (Wildman–Crippen MR) is 87.5 cm³/mol. The van der Waals surface area contributed by atoms with Crippen LogP contribution in [0.5, 0.6) is 0 Å². The van der Waals surface area contributed by atoms with Gasteiger partial charge < -0.3 is 14.1 Å². The van der Waals surface area contributed by atoms with Crippen LogP contribution in [-0.2, 0) is 9.53 Å². The summed E-state index contributed by atoms with van der Waals surface area (Å²) in [5.74, 6) is 0.0636. The van der Waals surface area contributed by atoms with Crippen LogP contribution < -0.4 is 4.90 Å². The Morgan fingerprint density at radius 3 is 2.54 bits per heavy atom. The van der Waals surface area contributed by atoms with E-state index in [2.05, 4.69) is 0 Å². The van der Waals surface area contributed by atoms with E-state index < -0.39 is 12.6 Å². The van der Waals surface area contributed by atoms with Gasteiger partial charge in [0.15, 0.2) is 6.61 Å². The first-order chi connectivity index (χ1) is 11.5. The standard InChI is InChI=1S/C18H18N2O4/c1-13-11-16(14(2)24-13)18(22)23-12-17(21)20(10-6-9-19)15-7-4-3-5-8-15/h3-5,7-8,11H,6,10,12H2,1-2H3. The van der Waals surface area contributed by atoms with Crippen molar-refractivity contribution in [3.8, 4) is 6.07 Å². The van der Waals surface area contributed by atoms with Gasteiger partial charge in [0.2, 0.25) is 0 Å². The van der Waals surface area contributed by atoms with Gasteiger partial charge in [0.05, 0.1) is 12.5 Å². The highest BCUT2D eigenvalue weighted by molar-refractivity contribution is 5.97. The number of hydrogen-bond donors (Lipinski definition) is 0. The van der Waals surface area contributed by atoms with Crippen LogP contribution in [0.15, 0.2) is 40.8 Å². The normalized spacial score (nSPS) is 10.0. The van der Waals surface area contributed by atoms with Crippen LogP contribution in [0.4, 0.5) is 5.69 Å². The van der Waals surface area contributed by atoms with Crippen molar-refractivity contribution in [2.24, 2.45) is 0 Å². The summed E-state index contributed by atoms with van der Waals surface area (Å²) in [6.45, 7) is 3.23. The van der Waals surface area contributed by atoms with E-state index in [0.29, 0.717) is 22.8 Å². The fourth-order valence-corrected chi connectivity index (χ4v) is 2.28. The monoisotopic (exact) mass is 326 g/mol. The lowest BCUT2D eigenvalue weighted by Gasteiger charge is -2.21. The van der Waals surface area contributed by atoms with Gasteiger partial charge in [0.25, 0.3) is 5.91 Å². The minimum Gasteiger partial charge on any atom is -0.466 e. The molecule has 0 bridgehead atoms. The van der Waals surface area contributed by atoms with Crippen molar-refractivity contribution in [2.45, 2.75) is 20.3 Å². The van der Waals surface area contributed by atoms with Gasteiger partial charge in [-0.05, 0) is 32.0 Å². The molecule has 0 aliphatic rings. The first kappa shape index (κ1) is 17.3. The third kappa shape index (κ3) is 4.23. The molecule has 0 N–H and O–H groups in total. The molecule has 6 nitrogen and oxygen atoms in total. The summed E-state index contributed by atoms with van der Waals surface area (Å²) in [6, 6.07) is 12.5. The Balaban J connectivity index is 2.04. The molecule has 1 aromatic heterocycles. The molecule has 0 saturated carbocycles. The Labute approximate surface area is 140 Å². The molecule has 0 aliphatic heterocycles. The molecule has 0 saturated heterocycles. The summed E-state index contributed by atoms with van der Waals surface area (Å²) in [5, 5.41) is 8.76. The molecule has 1 heterocycles. The number of rotatable bonds is 6. The van der Waals surface area contributed by atoms with E-state index in [9.17, 15) is 9.59 Å². The molecular weight excluding hydrogens is 308 g/mol. The quantitative estimate of drug-likeness (QED) is 0.762. The number of para-hydroxylation sites is 1. The van der Waals surface area contributed by atoms with Gasteiger partial charge in [0, 0.05) is 12.2 Å². The topological polar surface area (TPSA) is 83.5 Å². The zero-order valence-corrected chi connectivity index (χ0v) is 13.6. The SMILES string of the molecule is Cc1cc(C(=O)OCC(=O)N(CCC#N)c2ccccc2)c(C)o1. The number of amides is 1. The first-order valence-electron chi connectivity index (χ1n) is 7.49. The van der Waals surface area contributed by atoms with Gasteiger partial charge in [-0.3, -0.25) is 4.79 Å². The number of furan rings is 1. The van der Waals surface area contributed by atoms with E-state index in [0.717, 1.165) is 0 Å². The van der Waals surface area contributed by atoms with E-state index in [1.165, 1.54) is 4.90 Å². The van der Waals surface area contributed by atoms with Crippen LogP contribution in [0.3, 0.4) is 0 Å². The maximum absolute atomic E-state index is 12.4. The van der Waals surface area contributed by atoms with Crippen LogP contribution in [-0.4, -0.2) is 25.0 Å². The van der Waals surface area contributed by atoms with Crippen molar-refractivity contribution in [1.29, 1.82) is 5.26 Å². The summed E-state index contributed by atoms with van der Waals surface area (Å²) >= 11 is 0. The van der Waals surface area contributed by atoms with Gasteiger partial charge in [-0.15, -0.1) is 0 Å². The summed E-state index contributed by atoms with van der Waals surface area (Å²) < 4.78 is 10.4. The molecule has 0 aliphatic carbocycles. The van der Waals surface area contributed by atoms with Crippen LogP contribution in [0.2, 0.25) is 0 Å². The highest BCUT2D eigenvalue weighted by atomic mass is 16.5. The van der Waals surface area contributed by atoms with Gasteiger partial charge >= 0.3 is 5.97 Å². The van der Waals surface area contributed by atoms with Crippen molar-refractivity contribution < 1.29 is 18.7 Å². The Morgan fingerprint density at radius 2 is 1.96 bits per heavy atom. The second kappa shape index (κ2) is 7.97. The largest absolute Gasteiger partial charge is 0.466 e. The van der Waals surface area contributed by atoms with Crippen molar-refractivity contribution in [3.05, 3.63) is 53.5 Å². The lowest BCUT2D eigenvalue weighted by molar-refractivity contribution is -0.121. The molecule has 24 heavy (non-hydrogen) atoms. The second-order valence-electron chi connectivity index (χ2n) is 5.19. The lowest BCUT2D eigenvalue weighted by atomic mass is 10.2. The van der Waals surface area contributed by atoms with Gasteiger partial charge in [-0.1, -0.05) is 18.2 Å². The lowest BCUT2D eigenvalue weighted by Crippen LogP contribution is -2.35. The summed E-state index contributed by atoms with van der Waals surface area (Å²) in [4.78, 5) is 25.9. The van der Waals surface area contributed by atoms with E-state index >= 15 is 0 Å². The van der Waals surface area contributed by atoms with Crippen molar-refractivity contribution >= 4 is 17.6 Å². The highest BCUT2D eigenvalue weighted by Gasteiger charge is 2.20. The maximum Gasteiger partial charge on any atom is 0.342 e. The van der Waals surface area contributed by atoms with Crippen molar-refractivity contribution in [1.82, 2.24) is 0 Å². The molecule has 124 valence electrons. The van der Waals surface area contributed by atoms with Gasteiger partial charge in [-0.2, -0.15) is 5.26 Å². The second-order valence-corrected chi connectivity index (χ2v) is 5.19. The van der Waals surface area contributed by atoms with E-state index in [1.54, 1.807) is 44.2 Å². The molecule has 0 spiro atoms. The molecule has 0 radical (unpaired) electrons. The predicted octanol–water partition coefficient (Wildman–Crippen LogP) is 3.00. The molecule has 6 heteroatoms. The van der Waals surface area contributed by atoms with E-state index in [4.69, 9.17) is 14.4 Å². The molecular formula is C18H18N2O4. The smallest absolute Gasteiger partial charge is 0.342 e. The van der Waals surface area contributed by atoms with Crippen LogP contribution in [0.1, 0.15) is 28.3 Å². The van der Waals surface area contributed by atoms with Crippen LogP contribution >= 0.6 is 0 Å². The van der Waals surface area contributed by atoms with E-state index in [-0.39, 0.29) is 18.9 Å². The molecule has 2 rings (SSSR count). The third-order valence-electron chi connectivity index (χ3n) is 3.40. The number of nitrogens with zero attached hydrogens (tertiary/aromatic N) is 2. The molecule has 0 fully saturated rings. The number of ether oxygens (including phenoxy) is 1. The third-order valence-corrected chi connectivity index (χ3v) is 3.40. The molecule has 0 unspecified atom stereocenters. The Bertz CT molecular complexity index is 759. The van der Waals surface area contributed by atoms with Gasteiger partial charge in [-0.25, -0.2) is 4.79 Å². The number of hydrogen-bond acceptors (Lipinski definition) is 5. The minimum absolute atomic E-state index is 0.189. The average Bonchev–Trinajstić information content (AvgIpc) is 2.92. The number of nitriles is 1. The maximum atomic E-state index is 12.4. The Hall–Kier alpha value is -3.07. The van der Waals surface area contributed by atoms with Crippen LogP contribution in [0.25, 0.3) is 0 Å². The fourth-order valence-electron chi connectivity index (χ4n) is 2.28. The molecule has 2 aromatic rings. The molecule has 1 aromatic carbocycles. The van der Waals surface area contributed by atoms with Crippen LogP contribution in [0, 0.1) is 25.2 Å². The molecule has 0 atom stereocenters. The number of esters is 1. The number of carbonyl (C=O) groups is 2. The zero-order chi connectivity index (χ0) is 17.5. The number of aryl methyl sites for hydroxylation is 2. The average molecular weight is 326 g/mol. The van der Waals surface area contributed by atoms with Gasteiger partial charge in [0.1, 0.15) is 17.1 Å². The Morgan fingerprint density at radius 1 is 1.25 bits per heavy atom. The first-order valence-corrected chi connectivity index (χ1v) is 7.49. The van der Waals surface area contributed by atoms with Crippen molar-refractivity contribution in [2.75, 3.05) is 18.1 Å². The Kier molecular flexibility index (Phi) is 5.74. The fraction of sp³-hybridized carbons (Fsp3) is 0.278. The summed E-state index contributed by atoms with van der Waals surface area (Å²) in [6.07, 6.45) is 0.189. The highest BCUT2D eigenvalue weighted by Crippen LogP contribution is 2.16. The number of anilines is 1.